The van der Waals surface area contributed by atoms with Crippen molar-refractivity contribution in [3.05, 3.63) is 35.4 Å². The lowest BCUT2D eigenvalue weighted by Gasteiger charge is -2.34. The van der Waals surface area contributed by atoms with Crippen LogP contribution in [0, 0.1) is 12.8 Å². The summed E-state index contributed by atoms with van der Waals surface area (Å²) in [5.41, 5.74) is 2.12. The van der Waals surface area contributed by atoms with E-state index in [-0.39, 0.29) is 17.9 Å². The largest absolute Gasteiger partial charge is 0.480 e. The van der Waals surface area contributed by atoms with Gasteiger partial charge < -0.3 is 14.7 Å². The highest BCUT2D eigenvalue weighted by molar-refractivity contribution is 5.85. The second-order valence-corrected chi connectivity index (χ2v) is 5.91. The Hall–Kier alpha value is -1.88. The Labute approximate surface area is 130 Å². The van der Waals surface area contributed by atoms with E-state index in [9.17, 15) is 9.59 Å². The minimum atomic E-state index is -1.00. The number of hydrogen-bond donors (Lipinski definition) is 1. The highest BCUT2D eigenvalue weighted by Crippen LogP contribution is 2.35. The highest BCUT2D eigenvalue weighted by Gasteiger charge is 2.36. The van der Waals surface area contributed by atoms with Crippen molar-refractivity contribution in [2.24, 2.45) is 5.92 Å². The number of hydrogen-bond acceptors (Lipinski definition) is 3. The molecule has 1 aliphatic heterocycles. The molecule has 5 heteroatoms. The predicted octanol–water partition coefficient (Wildman–Crippen LogP) is 2.39. The standard InChI is InChI=1S/C17H23NO4/c1-11-6-8-13(9-7-11)15-14(5-4-10-22-15)16(19)18(3)12(2)17(20)21/h6-9,12,14-15H,4-5,10H2,1-3H3,(H,20,21)/t12-,14-,15+/m1/s1. The third-order valence-electron chi connectivity index (χ3n) is 4.33. The molecule has 0 aromatic heterocycles. The zero-order chi connectivity index (χ0) is 16.3. The first-order valence-electron chi connectivity index (χ1n) is 7.59. The molecule has 1 aromatic carbocycles. The van der Waals surface area contributed by atoms with Crippen LogP contribution < -0.4 is 0 Å². The zero-order valence-electron chi connectivity index (χ0n) is 13.3. The first kappa shape index (κ1) is 16.5. The van der Waals surface area contributed by atoms with Crippen molar-refractivity contribution in [2.75, 3.05) is 13.7 Å². The number of rotatable bonds is 4. The van der Waals surface area contributed by atoms with Crippen LogP contribution >= 0.6 is 0 Å². The van der Waals surface area contributed by atoms with Gasteiger partial charge in [-0.05, 0) is 32.3 Å². The Morgan fingerprint density at radius 2 is 1.95 bits per heavy atom. The molecule has 0 saturated carbocycles. The first-order chi connectivity index (χ1) is 10.4. The lowest BCUT2D eigenvalue weighted by molar-refractivity contribution is -0.154. The van der Waals surface area contributed by atoms with Crippen LogP contribution in [0.5, 0.6) is 0 Å². The van der Waals surface area contributed by atoms with Gasteiger partial charge in [-0.25, -0.2) is 4.79 Å². The van der Waals surface area contributed by atoms with Gasteiger partial charge in [-0.2, -0.15) is 0 Å². The van der Waals surface area contributed by atoms with E-state index >= 15 is 0 Å². The molecule has 0 unspecified atom stereocenters. The molecule has 120 valence electrons. The van der Waals surface area contributed by atoms with Gasteiger partial charge in [0.1, 0.15) is 6.04 Å². The summed E-state index contributed by atoms with van der Waals surface area (Å²) in [6, 6.07) is 7.11. The van der Waals surface area contributed by atoms with Gasteiger partial charge in [0.2, 0.25) is 5.91 Å². The Bertz CT molecular complexity index is 540. The van der Waals surface area contributed by atoms with Crippen molar-refractivity contribution >= 4 is 11.9 Å². The molecule has 0 radical (unpaired) electrons. The second kappa shape index (κ2) is 6.92. The normalized spacial score (nSPS) is 22.9. The summed E-state index contributed by atoms with van der Waals surface area (Å²) in [6.07, 6.45) is 1.23. The van der Waals surface area contributed by atoms with E-state index in [2.05, 4.69) is 0 Å². The molecule has 1 aliphatic rings. The maximum absolute atomic E-state index is 12.7. The molecule has 3 atom stereocenters. The molecular weight excluding hydrogens is 282 g/mol. The monoisotopic (exact) mass is 305 g/mol. The summed E-state index contributed by atoms with van der Waals surface area (Å²) in [6.45, 7) is 4.15. The highest BCUT2D eigenvalue weighted by atomic mass is 16.5. The SMILES string of the molecule is Cc1ccc([C@@H]2OCCC[C@H]2C(=O)N(C)[C@H](C)C(=O)O)cc1. The quantitative estimate of drug-likeness (QED) is 0.927. The molecule has 2 rings (SSSR count). The summed E-state index contributed by atoms with van der Waals surface area (Å²) in [4.78, 5) is 25.1. The molecule has 0 aliphatic carbocycles. The maximum Gasteiger partial charge on any atom is 0.326 e. The molecule has 1 heterocycles. The van der Waals surface area contributed by atoms with Crippen molar-refractivity contribution in [2.45, 2.75) is 38.8 Å². The Balaban J connectivity index is 2.20. The molecule has 1 fully saturated rings. The van der Waals surface area contributed by atoms with Crippen LogP contribution in [-0.4, -0.2) is 41.6 Å². The van der Waals surface area contributed by atoms with Crippen LogP contribution in [0.15, 0.2) is 24.3 Å². The topological polar surface area (TPSA) is 66.8 Å². The van der Waals surface area contributed by atoms with Gasteiger partial charge in [0, 0.05) is 13.7 Å². The molecule has 0 spiro atoms. The molecule has 22 heavy (non-hydrogen) atoms. The van der Waals surface area contributed by atoms with E-state index in [1.165, 1.54) is 11.8 Å². The van der Waals surface area contributed by atoms with E-state index in [1.807, 2.05) is 31.2 Å². The molecule has 5 nitrogen and oxygen atoms in total. The zero-order valence-corrected chi connectivity index (χ0v) is 13.3. The first-order valence-corrected chi connectivity index (χ1v) is 7.59. The number of benzene rings is 1. The van der Waals surface area contributed by atoms with Crippen molar-refractivity contribution in [1.82, 2.24) is 4.90 Å². The summed E-state index contributed by atoms with van der Waals surface area (Å²) in [7, 11) is 1.54. The van der Waals surface area contributed by atoms with E-state index in [1.54, 1.807) is 7.05 Å². The summed E-state index contributed by atoms with van der Waals surface area (Å²) in [5, 5.41) is 9.09. The van der Waals surface area contributed by atoms with Gasteiger partial charge in [0.15, 0.2) is 0 Å². The number of amides is 1. The van der Waals surface area contributed by atoms with Crippen molar-refractivity contribution in [3.8, 4) is 0 Å². The van der Waals surface area contributed by atoms with E-state index < -0.39 is 12.0 Å². The van der Waals surface area contributed by atoms with Crippen LogP contribution in [0.25, 0.3) is 0 Å². The van der Waals surface area contributed by atoms with Gasteiger partial charge in [-0.15, -0.1) is 0 Å². The lowest BCUT2D eigenvalue weighted by Crippen LogP contribution is -2.45. The summed E-state index contributed by atoms with van der Waals surface area (Å²) < 4.78 is 5.83. The van der Waals surface area contributed by atoms with Crippen molar-refractivity contribution < 1.29 is 19.4 Å². The smallest absolute Gasteiger partial charge is 0.326 e. The average Bonchev–Trinajstić information content (AvgIpc) is 2.53. The number of carboxylic acid groups (broad SMARTS) is 1. The number of likely N-dealkylation sites (N-methyl/N-ethyl adjacent to an activating group) is 1. The number of ether oxygens (including phenoxy) is 1. The van der Waals surface area contributed by atoms with Gasteiger partial charge in [-0.1, -0.05) is 29.8 Å². The van der Waals surface area contributed by atoms with Gasteiger partial charge in [0.25, 0.3) is 0 Å². The van der Waals surface area contributed by atoms with Crippen molar-refractivity contribution in [3.63, 3.8) is 0 Å². The predicted molar refractivity (Wildman–Crippen MR) is 82.5 cm³/mol. The van der Waals surface area contributed by atoms with Crippen LogP contribution in [0.1, 0.15) is 37.0 Å². The number of carbonyl (C=O) groups is 2. The minimum absolute atomic E-state index is 0.167. The fraction of sp³-hybridized carbons (Fsp3) is 0.529. The van der Waals surface area contributed by atoms with Gasteiger partial charge >= 0.3 is 5.97 Å². The van der Waals surface area contributed by atoms with Crippen LogP contribution in [-0.2, 0) is 14.3 Å². The lowest BCUT2D eigenvalue weighted by atomic mass is 9.88. The van der Waals surface area contributed by atoms with E-state index in [0.717, 1.165) is 17.5 Å². The Kier molecular flexibility index (Phi) is 5.19. The van der Waals surface area contributed by atoms with Gasteiger partial charge in [0.05, 0.1) is 12.0 Å². The van der Waals surface area contributed by atoms with Crippen molar-refractivity contribution in [1.29, 1.82) is 0 Å². The Morgan fingerprint density at radius 1 is 1.32 bits per heavy atom. The number of aliphatic carboxylic acids is 1. The molecule has 0 bridgehead atoms. The van der Waals surface area contributed by atoms with Crippen LogP contribution in [0.3, 0.4) is 0 Å². The number of nitrogens with zero attached hydrogens (tertiary/aromatic N) is 1. The van der Waals surface area contributed by atoms with Crippen LogP contribution in [0.4, 0.5) is 0 Å². The molecule has 1 saturated heterocycles. The average molecular weight is 305 g/mol. The summed E-state index contributed by atoms with van der Waals surface area (Å²) in [5.74, 6) is -1.50. The third-order valence-corrected chi connectivity index (χ3v) is 4.33. The molecular formula is C17H23NO4. The maximum atomic E-state index is 12.7. The summed E-state index contributed by atoms with van der Waals surface area (Å²) >= 11 is 0. The Morgan fingerprint density at radius 3 is 2.55 bits per heavy atom. The number of carboxylic acids is 1. The fourth-order valence-electron chi connectivity index (χ4n) is 2.74. The molecule has 1 aromatic rings. The van der Waals surface area contributed by atoms with Gasteiger partial charge in [-0.3, -0.25) is 4.79 Å². The van der Waals surface area contributed by atoms with E-state index in [4.69, 9.17) is 9.84 Å². The second-order valence-electron chi connectivity index (χ2n) is 5.91. The number of carbonyl (C=O) groups excluding carboxylic acids is 1. The molecule has 1 N–H and O–H groups in total. The molecule has 1 amide bonds. The van der Waals surface area contributed by atoms with Crippen LogP contribution in [0.2, 0.25) is 0 Å². The minimum Gasteiger partial charge on any atom is -0.480 e. The number of aryl methyl sites for hydroxylation is 1. The van der Waals surface area contributed by atoms with E-state index in [0.29, 0.717) is 13.0 Å². The fourth-order valence-corrected chi connectivity index (χ4v) is 2.74. The third kappa shape index (κ3) is 3.47.